The number of nitrogens with one attached hydrogen (secondary N) is 1. The zero-order chi connectivity index (χ0) is 15.4. The van der Waals surface area contributed by atoms with Crippen LogP contribution in [0.2, 0.25) is 0 Å². The minimum absolute atomic E-state index is 0.0869. The average Bonchev–Trinajstić information content (AvgIpc) is 3.37. The van der Waals surface area contributed by atoms with Gasteiger partial charge in [0.2, 0.25) is 5.91 Å². The standard InChI is InChI=1S/C17H23NO4/c1-20-7-6-18-17(19)11-14(12-2-3-12)13-4-5-15-16(10-13)22-9-8-21-15/h4-5,10,12,14H,2-3,6-9,11H2,1H3,(H,18,19). The van der Waals surface area contributed by atoms with Crippen LogP contribution >= 0.6 is 0 Å². The van der Waals surface area contributed by atoms with Crippen molar-refractivity contribution in [2.24, 2.45) is 5.92 Å². The second-order valence-corrected chi connectivity index (χ2v) is 5.89. The fourth-order valence-corrected chi connectivity index (χ4v) is 2.91. The summed E-state index contributed by atoms with van der Waals surface area (Å²) in [6.07, 6.45) is 2.92. The quantitative estimate of drug-likeness (QED) is 0.784. The van der Waals surface area contributed by atoms with E-state index in [1.807, 2.05) is 12.1 Å². The first kappa shape index (κ1) is 15.2. The molecule has 0 bridgehead atoms. The first-order valence-corrected chi connectivity index (χ1v) is 7.93. The van der Waals surface area contributed by atoms with Crippen molar-refractivity contribution in [1.29, 1.82) is 0 Å². The van der Waals surface area contributed by atoms with Crippen molar-refractivity contribution in [3.8, 4) is 11.5 Å². The number of rotatable bonds is 7. The number of hydrogen-bond donors (Lipinski definition) is 1. The molecule has 0 aromatic heterocycles. The number of ether oxygens (including phenoxy) is 3. The number of fused-ring (bicyclic) bond motifs is 1. The van der Waals surface area contributed by atoms with Crippen molar-refractivity contribution in [2.45, 2.75) is 25.2 Å². The summed E-state index contributed by atoms with van der Waals surface area (Å²) in [5.74, 6) is 2.56. The molecular formula is C17H23NO4. The molecule has 3 rings (SSSR count). The molecule has 5 heteroatoms. The van der Waals surface area contributed by atoms with Crippen LogP contribution in [0.3, 0.4) is 0 Å². The Labute approximate surface area is 130 Å². The van der Waals surface area contributed by atoms with Crippen LogP contribution in [-0.4, -0.2) is 39.4 Å². The highest BCUT2D eigenvalue weighted by atomic mass is 16.6. The Bertz CT molecular complexity index is 527. The van der Waals surface area contributed by atoms with Crippen LogP contribution in [0.15, 0.2) is 18.2 Å². The van der Waals surface area contributed by atoms with E-state index in [9.17, 15) is 4.79 Å². The topological polar surface area (TPSA) is 56.8 Å². The maximum Gasteiger partial charge on any atom is 0.220 e. The van der Waals surface area contributed by atoms with Gasteiger partial charge in [-0.3, -0.25) is 4.79 Å². The van der Waals surface area contributed by atoms with Crippen LogP contribution in [-0.2, 0) is 9.53 Å². The molecule has 22 heavy (non-hydrogen) atoms. The summed E-state index contributed by atoms with van der Waals surface area (Å²) < 4.78 is 16.2. The third-order valence-electron chi connectivity index (χ3n) is 4.22. The van der Waals surface area contributed by atoms with E-state index in [4.69, 9.17) is 14.2 Å². The van der Waals surface area contributed by atoms with Crippen LogP contribution in [0.1, 0.15) is 30.7 Å². The van der Waals surface area contributed by atoms with Crippen molar-refractivity contribution in [2.75, 3.05) is 33.5 Å². The van der Waals surface area contributed by atoms with Gasteiger partial charge in [-0.1, -0.05) is 6.07 Å². The van der Waals surface area contributed by atoms with Crippen molar-refractivity contribution in [3.63, 3.8) is 0 Å². The lowest BCUT2D eigenvalue weighted by atomic mass is 9.90. The van der Waals surface area contributed by atoms with Gasteiger partial charge < -0.3 is 19.5 Å². The molecule has 5 nitrogen and oxygen atoms in total. The highest BCUT2D eigenvalue weighted by molar-refractivity contribution is 5.77. The highest BCUT2D eigenvalue weighted by Gasteiger charge is 2.34. The van der Waals surface area contributed by atoms with E-state index >= 15 is 0 Å². The van der Waals surface area contributed by atoms with E-state index in [-0.39, 0.29) is 11.8 Å². The Kier molecular flexibility index (Phi) is 4.83. The van der Waals surface area contributed by atoms with E-state index in [1.165, 1.54) is 18.4 Å². The average molecular weight is 305 g/mol. The van der Waals surface area contributed by atoms with Gasteiger partial charge in [-0.05, 0) is 42.4 Å². The lowest BCUT2D eigenvalue weighted by Gasteiger charge is -2.22. The van der Waals surface area contributed by atoms with Gasteiger partial charge in [0.05, 0.1) is 6.61 Å². The molecule has 1 saturated carbocycles. The van der Waals surface area contributed by atoms with Gasteiger partial charge in [-0.15, -0.1) is 0 Å². The first-order chi connectivity index (χ1) is 10.8. The van der Waals surface area contributed by atoms with Gasteiger partial charge in [-0.2, -0.15) is 0 Å². The summed E-state index contributed by atoms with van der Waals surface area (Å²) >= 11 is 0. The lowest BCUT2D eigenvalue weighted by molar-refractivity contribution is -0.121. The summed E-state index contributed by atoms with van der Waals surface area (Å²) in [4.78, 5) is 12.1. The molecule has 1 aliphatic heterocycles. The molecule has 1 atom stereocenters. The van der Waals surface area contributed by atoms with Crippen LogP contribution in [0.5, 0.6) is 11.5 Å². The second kappa shape index (κ2) is 7.01. The maximum atomic E-state index is 12.1. The van der Waals surface area contributed by atoms with Crippen molar-refractivity contribution >= 4 is 5.91 Å². The largest absolute Gasteiger partial charge is 0.486 e. The normalized spacial score (nSPS) is 17.9. The minimum atomic E-state index is 0.0869. The highest BCUT2D eigenvalue weighted by Crippen LogP contribution is 2.46. The summed E-state index contributed by atoms with van der Waals surface area (Å²) in [5.41, 5.74) is 1.17. The van der Waals surface area contributed by atoms with Gasteiger partial charge >= 0.3 is 0 Å². The van der Waals surface area contributed by atoms with Crippen molar-refractivity contribution in [1.82, 2.24) is 5.32 Å². The van der Waals surface area contributed by atoms with Gasteiger partial charge in [0.25, 0.3) is 0 Å². The zero-order valence-electron chi connectivity index (χ0n) is 13.0. The summed E-state index contributed by atoms with van der Waals surface area (Å²) in [7, 11) is 1.63. The number of amides is 1. The van der Waals surface area contributed by atoms with Crippen molar-refractivity contribution < 1.29 is 19.0 Å². The van der Waals surface area contributed by atoms with E-state index in [0.29, 0.717) is 38.7 Å². The van der Waals surface area contributed by atoms with Crippen LogP contribution in [0.4, 0.5) is 0 Å². The Morgan fingerprint density at radius 2 is 2.09 bits per heavy atom. The molecule has 1 aromatic carbocycles. The summed E-state index contributed by atoms with van der Waals surface area (Å²) in [6.45, 7) is 2.29. The molecule has 1 fully saturated rings. The third-order valence-corrected chi connectivity index (χ3v) is 4.22. The molecule has 120 valence electrons. The molecule has 1 aromatic rings. The predicted octanol–water partition coefficient (Wildman–Crippen LogP) is 2.10. The molecule has 1 aliphatic carbocycles. The predicted molar refractivity (Wildman–Crippen MR) is 82.4 cm³/mol. The lowest BCUT2D eigenvalue weighted by Crippen LogP contribution is -2.28. The van der Waals surface area contributed by atoms with Gasteiger partial charge in [0.15, 0.2) is 11.5 Å². The number of hydrogen-bond acceptors (Lipinski definition) is 4. The van der Waals surface area contributed by atoms with Gasteiger partial charge in [0.1, 0.15) is 13.2 Å². The Morgan fingerprint density at radius 1 is 1.32 bits per heavy atom. The van der Waals surface area contributed by atoms with Crippen LogP contribution in [0.25, 0.3) is 0 Å². The smallest absolute Gasteiger partial charge is 0.220 e. The SMILES string of the molecule is COCCNC(=O)CC(c1ccc2c(c1)OCCO2)C1CC1. The number of benzene rings is 1. The molecule has 0 saturated heterocycles. The maximum absolute atomic E-state index is 12.1. The number of methoxy groups -OCH3 is 1. The molecular weight excluding hydrogens is 282 g/mol. The number of carbonyl (C=O) groups is 1. The van der Waals surface area contributed by atoms with Gasteiger partial charge in [-0.25, -0.2) is 0 Å². The number of carbonyl (C=O) groups excluding carboxylic acids is 1. The second-order valence-electron chi connectivity index (χ2n) is 5.89. The minimum Gasteiger partial charge on any atom is -0.486 e. The molecule has 2 aliphatic rings. The molecule has 1 heterocycles. The van der Waals surface area contributed by atoms with E-state index in [2.05, 4.69) is 11.4 Å². The fraction of sp³-hybridized carbons (Fsp3) is 0.588. The Balaban J connectivity index is 1.67. The van der Waals surface area contributed by atoms with E-state index in [1.54, 1.807) is 7.11 Å². The molecule has 0 spiro atoms. The van der Waals surface area contributed by atoms with Crippen LogP contribution < -0.4 is 14.8 Å². The summed E-state index contributed by atoms with van der Waals surface area (Å²) in [5, 5.41) is 2.91. The van der Waals surface area contributed by atoms with Crippen LogP contribution in [0, 0.1) is 5.92 Å². The molecule has 1 unspecified atom stereocenters. The fourth-order valence-electron chi connectivity index (χ4n) is 2.91. The Morgan fingerprint density at radius 3 is 2.82 bits per heavy atom. The molecule has 1 amide bonds. The Hall–Kier alpha value is -1.75. The van der Waals surface area contributed by atoms with E-state index < -0.39 is 0 Å². The molecule has 1 N–H and O–H groups in total. The van der Waals surface area contributed by atoms with Gasteiger partial charge in [0, 0.05) is 20.1 Å². The zero-order valence-corrected chi connectivity index (χ0v) is 13.0. The van der Waals surface area contributed by atoms with E-state index in [0.717, 1.165) is 11.5 Å². The third kappa shape index (κ3) is 3.71. The molecule has 0 radical (unpaired) electrons. The van der Waals surface area contributed by atoms with Crippen molar-refractivity contribution in [3.05, 3.63) is 23.8 Å². The monoisotopic (exact) mass is 305 g/mol. The summed E-state index contributed by atoms with van der Waals surface area (Å²) in [6, 6.07) is 6.07. The first-order valence-electron chi connectivity index (χ1n) is 7.93.